The molecule has 1 aliphatic rings. The molecular formula is C16H29ClN4. The van der Waals surface area contributed by atoms with Gasteiger partial charge in [-0.15, -0.1) is 0 Å². The maximum absolute atomic E-state index is 6.78. The van der Waals surface area contributed by atoms with E-state index in [0.29, 0.717) is 0 Å². The molecule has 0 spiro atoms. The van der Waals surface area contributed by atoms with Gasteiger partial charge in [-0.2, -0.15) is 5.10 Å². The molecule has 1 heterocycles. The first kappa shape index (κ1) is 16.8. The lowest BCUT2D eigenvalue weighted by Gasteiger charge is -2.45. The van der Waals surface area contributed by atoms with E-state index in [4.69, 9.17) is 17.3 Å². The highest BCUT2D eigenvalue weighted by atomic mass is 35.5. The Morgan fingerprint density at radius 2 is 1.95 bits per heavy atom. The third kappa shape index (κ3) is 2.99. The molecule has 4 nitrogen and oxygen atoms in total. The Labute approximate surface area is 133 Å². The quantitative estimate of drug-likeness (QED) is 0.836. The summed E-state index contributed by atoms with van der Waals surface area (Å²) in [7, 11) is 0. The Hall–Kier alpha value is -0.580. The zero-order valence-corrected chi connectivity index (χ0v) is 14.4. The molecule has 0 amide bonds. The highest BCUT2D eigenvalue weighted by Gasteiger charge is 2.45. The standard InChI is InChI=1S/C16H29ClN4/c1-4-11-21-14(13(17)12-19-21)15(18)16(9-7-8-10-16)20(5-2)6-3/h12,15H,4-11,18H2,1-3H3. The molecule has 1 atom stereocenters. The van der Waals surface area contributed by atoms with Gasteiger partial charge in [0.15, 0.2) is 0 Å². The van der Waals surface area contributed by atoms with Gasteiger partial charge in [-0.25, -0.2) is 0 Å². The molecule has 21 heavy (non-hydrogen) atoms. The lowest BCUT2D eigenvalue weighted by Crippen LogP contribution is -2.54. The summed E-state index contributed by atoms with van der Waals surface area (Å²) >= 11 is 6.43. The average molecular weight is 313 g/mol. The molecule has 0 saturated heterocycles. The largest absolute Gasteiger partial charge is 0.321 e. The topological polar surface area (TPSA) is 47.1 Å². The Balaban J connectivity index is 2.39. The molecule has 1 fully saturated rings. The highest BCUT2D eigenvalue weighted by molar-refractivity contribution is 6.31. The number of likely N-dealkylation sites (N-methyl/N-ethyl adjacent to an activating group) is 1. The van der Waals surface area contributed by atoms with Crippen LogP contribution in [-0.2, 0) is 6.54 Å². The van der Waals surface area contributed by atoms with Crippen molar-refractivity contribution in [3.8, 4) is 0 Å². The van der Waals surface area contributed by atoms with E-state index >= 15 is 0 Å². The third-order valence-corrected chi connectivity index (χ3v) is 5.30. The van der Waals surface area contributed by atoms with Crippen molar-refractivity contribution >= 4 is 11.6 Å². The predicted octanol–water partition coefficient (Wildman–Crippen LogP) is 3.60. The fraction of sp³-hybridized carbons (Fsp3) is 0.812. The van der Waals surface area contributed by atoms with Crippen LogP contribution in [0.2, 0.25) is 5.02 Å². The van der Waals surface area contributed by atoms with E-state index < -0.39 is 0 Å². The predicted molar refractivity (Wildman–Crippen MR) is 88.6 cm³/mol. The molecule has 2 rings (SSSR count). The lowest BCUT2D eigenvalue weighted by molar-refractivity contribution is 0.0739. The fourth-order valence-electron chi connectivity index (χ4n) is 3.99. The van der Waals surface area contributed by atoms with Crippen LogP contribution in [0.5, 0.6) is 0 Å². The van der Waals surface area contributed by atoms with Gasteiger partial charge in [0.05, 0.1) is 23.0 Å². The monoisotopic (exact) mass is 312 g/mol. The van der Waals surface area contributed by atoms with Gasteiger partial charge in [0.2, 0.25) is 0 Å². The van der Waals surface area contributed by atoms with Gasteiger partial charge in [-0.1, -0.05) is 45.2 Å². The van der Waals surface area contributed by atoms with Crippen LogP contribution in [0, 0.1) is 0 Å². The third-order valence-electron chi connectivity index (χ3n) is 5.00. The van der Waals surface area contributed by atoms with Crippen molar-refractivity contribution in [3.05, 3.63) is 16.9 Å². The Morgan fingerprint density at radius 1 is 1.33 bits per heavy atom. The number of hydrogen-bond donors (Lipinski definition) is 1. The number of nitrogens with zero attached hydrogens (tertiary/aromatic N) is 3. The van der Waals surface area contributed by atoms with E-state index in [0.717, 1.165) is 49.6 Å². The Morgan fingerprint density at radius 3 is 2.48 bits per heavy atom. The molecule has 1 aromatic rings. The number of aryl methyl sites for hydroxylation is 1. The summed E-state index contributed by atoms with van der Waals surface area (Å²) in [4.78, 5) is 2.53. The Bertz CT molecular complexity index is 447. The van der Waals surface area contributed by atoms with Gasteiger partial charge < -0.3 is 5.73 Å². The van der Waals surface area contributed by atoms with Crippen LogP contribution < -0.4 is 5.73 Å². The second kappa shape index (κ2) is 7.12. The van der Waals surface area contributed by atoms with Crippen molar-refractivity contribution in [2.75, 3.05) is 13.1 Å². The molecular weight excluding hydrogens is 284 g/mol. The van der Waals surface area contributed by atoms with E-state index in [1.165, 1.54) is 12.8 Å². The molecule has 120 valence electrons. The van der Waals surface area contributed by atoms with Gasteiger partial charge >= 0.3 is 0 Å². The minimum atomic E-state index is -0.0681. The van der Waals surface area contributed by atoms with Gasteiger partial charge in [0.1, 0.15) is 0 Å². The van der Waals surface area contributed by atoms with Gasteiger partial charge in [0.25, 0.3) is 0 Å². The van der Waals surface area contributed by atoms with Crippen LogP contribution in [0.3, 0.4) is 0 Å². The summed E-state index contributed by atoms with van der Waals surface area (Å²) in [5, 5.41) is 5.14. The molecule has 0 radical (unpaired) electrons. The van der Waals surface area contributed by atoms with Crippen LogP contribution >= 0.6 is 11.6 Å². The minimum Gasteiger partial charge on any atom is -0.321 e. The zero-order chi connectivity index (χ0) is 15.5. The summed E-state index contributed by atoms with van der Waals surface area (Å²) in [6.07, 6.45) is 7.60. The maximum atomic E-state index is 6.78. The summed E-state index contributed by atoms with van der Waals surface area (Å²) < 4.78 is 2.01. The van der Waals surface area contributed by atoms with Crippen LogP contribution in [0.25, 0.3) is 0 Å². The van der Waals surface area contributed by atoms with Crippen molar-refractivity contribution < 1.29 is 0 Å². The number of aromatic nitrogens is 2. The maximum Gasteiger partial charge on any atom is 0.0834 e. The number of nitrogens with two attached hydrogens (primary N) is 1. The van der Waals surface area contributed by atoms with Crippen molar-refractivity contribution in [1.29, 1.82) is 0 Å². The first-order valence-electron chi connectivity index (χ1n) is 8.32. The van der Waals surface area contributed by atoms with Crippen LogP contribution in [0.1, 0.15) is 64.6 Å². The minimum absolute atomic E-state index is 0.0403. The second-order valence-corrected chi connectivity index (χ2v) is 6.47. The van der Waals surface area contributed by atoms with E-state index in [1.54, 1.807) is 6.20 Å². The van der Waals surface area contributed by atoms with Crippen molar-refractivity contribution in [2.24, 2.45) is 5.73 Å². The molecule has 1 aromatic heterocycles. The van der Waals surface area contributed by atoms with Crippen molar-refractivity contribution in [1.82, 2.24) is 14.7 Å². The van der Waals surface area contributed by atoms with E-state index in [1.807, 2.05) is 4.68 Å². The molecule has 5 heteroatoms. The molecule has 1 saturated carbocycles. The molecule has 0 aliphatic heterocycles. The average Bonchev–Trinajstić information content (AvgIpc) is 3.09. The summed E-state index contributed by atoms with van der Waals surface area (Å²) in [5.41, 5.74) is 7.84. The van der Waals surface area contributed by atoms with Crippen LogP contribution in [0.4, 0.5) is 0 Å². The second-order valence-electron chi connectivity index (χ2n) is 6.06. The van der Waals surface area contributed by atoms with Gasteiger partial charge in [-0.3, -0.25) is 9.58 Å². The van der Waals surface area contributed by atoms with Crippen LogP contribution in [-0.4, -0.2) is 33.3 Å². The van der Waals surface area contributed by atoms with Crippen molar-refractivity contribution in [3.63, 3.8) is 0 Å². The normalized spacial score (nSPS) is 19.3. The van der Waals surface area contributed by atoms with E-state index in [9.17, 15) is 0 Å². The molecule has 0 aromatic carbocycles. The first-order chi connectivity index (χ1) is 10.1. The number of halogens is 1. The molecule has 0 bridgehead atoms. The first-order valence-corrected chi connectivity index (χ1v) is 8.70. The summed E-state index contributed by atoms with van der Waals surface area (Å²) in [6.45, 7) is 9.54. The molecule has 1 unspecified atom stereocenters. The lowest BCUT2D eigenvalue weighted by atomic mass is 9.84. The summed E-state index contributed by atoms with van der Waals surface area (Å²) in [6, 6.07) is -0.0681. The molecule has 2 N–H and O–H groups in total. The van der Waals surface area contributed by atoms with Crippen molar-refractivity contribution in [2.45, 2.75) is 71.0 Å². The number of rotatable bonds is 7. The summed E-state index contributed by atoms with van der Waals surface area (Å²) in [5.74, 6) is 0. The fourth-order valence-corrected chi connectivity index (χ4v) is 4.25. The van der Waals surface area contributed by atoms with Crippen LogP contribution in [0.15, 0.2) is 6.20 Å². The SMILES string of the molecule is CCCn1ncc(Cl)c1C(N)C1(N(CC)CC)CCCC1. The van der Waals surface area contributed by atoms with Gasteiger partial charge in [-0.05, 0) is 32.4 Å². The van der Waals surface area contributed by atoms with E-state index in [-0.39, 0.29) is 11.6 Å². The zero-order valence-electron chi connectivity index (χ0n) is 13.6. The van der Waals surface area contributed by atoms with E-state index in [2.05, 4.69) is 30.8 Å². The molecule has 1 aliphatic carbocycles. The van der Waals surface area contributed by atoms with Gasteiger partial charge in [0, 0.05) is 12.1 Å². The Kier molecular flexibility index (Phi) is 5.69. The smallest absolute Gasteiger partial charge is 0.0834 e. The highest BCUT2D eigenvalue weighted by Crippen LogP contribution is 2.44. The number of hydrogen-bond acceptors (Lipinski definition) is 3.